The molecule has 0 bridgehead atoms. The number of urea groups is 1. The van der Waals surface area contributed by atoms with E-state index in [1.165, 1.54) is 11.3 Å². The van der Waals surface area contributed by atoms with Crippen molar-refractivity contribution in [1.29, 1.82) is 0 Å². The Labute approximate surface area is 164 Å². The lowest BCUT2D eigenvalue weighted by Gasteiger charge is -2.23. The Kier molecular flexibility index (Phi) is 8.39. The van der Waals surface area contributed by atoms with Gasteiger partial charge in [0.05, 0.1) is 6.54 Å². The van der Waals surface area contributed by atoms with Crippen molar-refractivity contribution < 1.29 is 14.4 Å². The number of hydrogen-bond donors (Lipinski definition) is 3. The van der Waals surface area contributed by atoms with Gasteiger partial charge in [0.2, 0.25) is 11.8 Å². The fourth-order valence-electron chi connectivity index (χ4n) is 3.03. The summed E-state index contributed by atoms with van der Waals surface area (Å²) in [5.74, 6) is -0.523. The normalized spacial score (nSPS) is 14.3. The van der Waals surface area contributed by atoms with E-state index in [1.807, 2.05) is 0 Å². The van der Waals surface area contributed by atoms with Crippen LogP contribution in [0.1, 0.15) is 38.5 Å². The summed E-state index contributed by atoms with van der Waals surface area (Å²) < 4.78 is 0. The molecule has 1 aromatic carbocycles. The Morgan fingerprint density at radius 1 is 1.19 bits per heavy atom. The lowest BCUT2D eigenvalue weighted by molar-refractivity contribution is -0.133. The molecule has 1 aliphatic rings. The summed E-state index contributed by atoms with van der Waals surface area (Å²) in [5, 5.41) is 8.85. The average molecular weight is 395 g/mol. The lowest BCUT2D eigenvalue weighted by atomic mass is 9.96. The fourth-order valence-corrected chi connectivity index (χ4v) is 3.22. The highest BCUT2D eigenvalue weighted by atomic mass is 35.5. The first-order chi connectivity index (χ1) is 12.9. The molecule has 27 heavy (non-hydrogen) atoms. The molecule has 7 nitrogen and oxygen atoms in total. The van der Waals surface area contributed by atoms with E-state index in [9.17, 15) is 14.4 Å². The maximum Gasteiger partial charge on any atom is 0.315 e. The number of halogens is 1. The number of anilines is 1. The van der Waals surface area contributed by atoms with Gasteiger partial charge >= 0.3 is 6.03 Å². The number of rotatable bonds is 7. The van der Waals surface area contributed by atoms with E-state index in [1.54, 1.807) is 31.3 Å². The Morgan fingerprint density at radius 3 is 2.63 bits per heavy atom. The van der Waals surface area contributed by atoms with Crippen LogP contribution in [0.5, 0.6) is 0 Å². The van der Waals surface area contributed by atoms with E-state index in [0.717, 1.165) is 25.7 Å². The highest BCUT2D eigenvalue weighted by Gasteiger charge is 2.16. The van der Waals surface area contributed by atoms with Crippen LogP contribution in [0.2, 0.25) is 5.02 Å². The predicted molar refractivity (Wildman–Crippen MR) is 106 cm³/mol. The maximum atomic E-state index is 12.1. The minimum atomic E-state index is -0.309. The average Bonchev–Trinajstić information content (AvgIpc) is 2.62. The summed E-state index contributed by atoms with van der Waals surface area (Å²) in [6.07, 6.45) is 5.68. The van der Waals surface area contributed by atoms with Gasteiger partial charge in [0.25, 0.3) is 0 Å². The van der Waals surface area contributed by atoms with Crippen LogP contribution in [0, 0.1) is 0 Å². The topological polar surface area (TPSA) is 90.5 Å². The molecule has 0 atom stereocenters. The van der Waals surface area contributed by atoms with Crippen molar-refractivity contribution in [1.82, 2.24) is 15.5 Å². The summed E-state index contributed by atoms with van der Waals surface area (Å²) in [6, 6.07) is 6.79. The second-order valence-corrected chi connectivity index (χ2v) is 7.23. The van der Waals surface area contributed by atoms with Gasteiger partial charge in [-0.2, -0.15) is 0 Å². The van der Waals surface area contributed by atoms with Gasteiger partial charge in [-0.1, -0.05) is 36.9 Å². The molecule has 1 fully saturated rings. The Balaban J connectivity index is 1.64. The smallest absolute Gasteiger partial charge is 0.315 e. The Bertz CT molecular complexity index is 662. The Hall–Kier alpha value is -2.28. The third-order valence-corrected chi connectivity index (χ3v) is 4.71. The van der Waals surface area contributed by atoms with Gasteiger partial charge in [-0.05, 0) is 31.0 Å². The van der Waals surface area contributed by atoms with E-state index < -0.39 is 0 Å². The highest BCUT2D eigenvalue weighted by molar-refractivity contribution is 6.30. The molecule has 1 saturated carbocycles. The maximum absolute atomic E-state index is 12.1. The van der Waals surface area contributed by atoms with Crippen molar-refractivity contribution in [2.45, 2.75) is 44.6 Å². The van der Waals surface area contributed by atoms with E-state index in [2.05, 4.69) is 16.0 Å². The van der Waals surface area contributed by atoms with Crippen LogP contribution in [0.25, 0.3) is 0 Å². The molecular weight excluding hydrogens is 368 g/mol. The molecule has 8 heteroatoms. The number of benzene rings is 1. The minimum Gasteiger partial charge on any atom is -0.338 e. The molecule has 0 heterocycles. The van der Waals surface area contributed by atoms with Crippen LogP contribution in [-0.4, -0.2) is 48.9 Å². The number of nitrogens with one attached hydrogen (secondary N) is 3. The first-order valence-corrected chi connectivity index (χ1v) is 9.65. The number of hydrogen-bond acceptors (Lipinski definition) is 3. The van der Waals surface area contributed by atoms with Crippen molar-refractivity contribution in [3.05, 3.63) is 29.3 Å². The second kappa shape index (κ2) is 10.8. The lowest BCUT2D eigenvalue weighted by Crippen LogP contribution is -2.44. The molecule has 0 aromatic heterocycles. The van der Waals surface area contributed by atoms with Crippen LogP contribution in [0.4, 0.5) is 10.5 Å². The summed E-state index contributed by atoms with van der Waals surface area (Å²) >= 11 is 5.87. The molecule has 1 aromatic rings. The van der Waals surface area contributed by atoms with Gasteiger partial charge < -0.3 is 20.9 Å². The molecule has 0 saturated heterocycles. The zero-order valence-electron chi connectivity index (χ0n) is 15.6. The van der Waals surface area contributed by atoms with Crippen LogP contribution < -0.4 is 16.0 Å². The monoisotopic (exact) mass is 394 g/mol. The number of carbonyl (C=O) groups excluding carboxylic acids is 3. The molecule has 3 N–H and O–H groups in total. The summed E-state index contributed by atoms with van der Waals surface area (Å²) in [5.41, 5.74) is 0.578. The molecule has 4 amide bonds. The van der Waals surface area contributed by atoms with Gasteiger partial charge in [0.1, 0.15) is 0 Å². The first-order valence-electron chi connectivity index (χ1n) is 9.28. The van der Waals surface area contributed by atoms with Gasteiger partial charge in [0, 0.05) is 36.8 Å². The molecule has 0 unspecified atom stereocenters. The summed E-state index contributed by atoms with van der Waals surface area (Å²) in [4.78, 5) is 37.3. The quantitative estimate of drug-likeness (QED) is 0.664. The largest absolute Gasteiger partial charge is 0.338 e. The zero-order chi connectivity index (χ0) is 19.6. The van der Waals surface area contributed by atoms with E-state index >= 15 is 0 Å². The molecule has 2 rings (SSSR count). The molecule has 0 aliphatic heterocycles. The van der Waals surface area contributed by atoms with Gasteiger partial charge in [-0.15, -0.1) is 0 Å². The number of nitrogens with zero attached hydrogens (tertiary/aromatic N) is 1. The standard InChI is InChI=1S/C19H27ClN4O3/c1-24(13-17(25)22-16-9-5-6-14(20)12-16)18(26)10-11-21-19(27)23-15-7-3-2-4-8-15/h5-6,9,12,15H,2-4,7-8,10-11,13H2,1H3,(H,22,25)(H2,21,23,27). The third kappa shape index (κ3) is 7.86. The molecule has 0 spiro atoms. The summed E-state index contributed by atoms with van der Waals surface area (Å²) in [7, 11) is 1.56. The van der Waals surface area contributed by atoms with E-state index in [0.29, 0.717) is 10.7 Å². The summed E-state index contributed by atoms with van der Waals surface area (Å²) in [6.45, 7) is 0.164. The zero-order valence-corrected chi connectivity index (χ0v) is 16.3. The van der Waals surface area contributed by atoms with E-state index in [4.69, 9.17) is 11.6 Å². The minimum absolute atomic E-state index is 0.0698. The predicted octanol–water partition coefficient (Wildman–Crippen LogP) is 2.76. The van der Waals surface area contributed by atoms with Crippen molar-refractivity contribution in [3.63, 3.8) is 0 Å². The molecular formula is C19H27ClN4O3. The van der Waals surface area contributed by atoms with E-state index in [-0.39, 0.29) is 43.4 Å². The fraction of sp³-hybridized carbons (Fsp3) is 0.526. The van der Waals surface area contributed by atoms with Crippen molar-refractivity contribution in [3.8, 4) is 0 Å². The van der Waals surface area contributed by atoms with Crippen LogP contribution in [0.15, 0.2) is 24.3 Å². The number of carbonyl (C=O) groups is 3. The highest BCUT2D eigenvalue weighted by Crippen LogP contribution is 2.17. The van der Waals surface area contributed by atoms with Gasteiger partial charge in [-0.25, -0.2) is 4.79 Å². The second-order valence-electron chi connectivity index (χ2n) is 6.79. The molecule has 148 valence electrons. The van der Waals surface area contributed by atoms with Crippen LogP contribution >= 0.6 is 11.6 Å². The Morgan fingerprint density at radius 2 is 1.93 bits per heavy atom. The van der Waals surface area contributed by atoms with Crippen LogP contribution in [0.3, 0.4) is 0 Å². The molecule has 0 radical (unpaired) electrons. The van der Waals surface area contributed by atoms with Crippen LogP contribution in [-0.2, 0) is 9.59 Å². The molecule has 1 aliphatic carbocycles. The number of likely N-dealkylation sites (N-methyl/N-ethyl adjacent to an activating group) is 1. The van der Waals surface area contributed by atoms with Gasteiger partial charge in [0.15, 0.2) is 0 Å². The SMILES string of the molecule is CN(CC(=O)Nc1cccc(Cl)c1)C(=O)CCNC(=O)NC1CCCCC1. The first kappa shape index (κ1) is 21.0. The van der Waals surface area contributed by atoms with Crippen molar-refractivity contribution >= 4 is 35.1 Å². The van der Waals surface area contributed by atoms with Gasteiger partial charge in [-0.3, -0.25) is 9.59 Å². The van der Waals surface area contributed by atoms with Crippen molar-refractivity contribution in [2.75, 3.05) is 25.5 Å². The number of amides is 4. The van der Waals surface area contributed by atoms with Crippen molar-refractivity contribution in [2.24, 2.45) is 0 Å². The third-order valence-electron chi connectivity index (χ3n) is 4.48.